The number of amides is 1. The highest BCUT2D eigenvalue weighted by Gasteiger charge is 2.32. The Morgan fingerprint density at radius 1 is 1.29 bits per heavy atom. The highest BCUT2D eigenvalue weighted by molar-refractivity contribution is 7.85. The molecule has 0 radical (unpaired) electrons. The summed E-state index contributed by atoms with van der Waals surface area (Å²) in [5.74, 6) is 0.959. The molecule has 0 spiro atoms. The minimum atomic E-state index is -3.58. The Labute approximate surface area is 180 Å². The van der Waals surface area contributed by atoms with Crippen molar-refractivity contribution in [1.29, 1.82) is 0 Å². The van der Waals surface area contributed by atoms with Crippen molar-refractivity contribution in [2.75, 3.05) is 24.8 Å². The second kappa shape index (κ2) is 8.19. The van der Waals surface area contributed by atoms with Crippen molar-refractivity contribution in [3.63, 3.8) is 0 Å². The Morgan fingerprint density at radius 3 is 2.68 bits per heavy atom. The van der Waals surface area contributed by atoms with Gasteiger partial charge in [-0.05, 0) is 31.6 Å². The van der Waals surface area contributed by atoms with Crippen molar-refractivity contribution in [3.8, 4) is 5.88 Å². The molecule has 0 bridgehead atoms. The van der Waals surface area contributed by atoms with Crippen LogP contribution in [0.4, 0.5) is 5.88 Å². The van der Waals surface area contributed by atoms with Gasteiger partial charge in [0.15, 0.2) is 5.69 Å². The van der Waals surface area contributed by atoms with E-state index in [4.69, 9.17) is 13.4 Å². The fraction of sp³-hybridized carbons (Fsp3) is 0.600. The zero-order chi connectivity index (χ0) is 22.2. The third-order valence-corrected chi connectivity index (χ3v) is 5.74. The van der Waals surface area contributed by atoms with Gasteiger partial charge < -0.3 is 9.26 Å². The van der Waals surface area contributed by atoms with E-state index in [9.17, 15) is 13.2 Å². The first-order valence-corrected chi connectivity index (χ1v) is 12.0. The lowest BCUT2D eigenvalue weighted by Crippen LogP contribution is -2.26. The van der Waals surface area contributed by atoms with Crippen LogP contribution < -0.4 is 10.1 Å². The molecule has 2 aliphatic rings. The molecule has 2 heterocycles. The number of hydrogen-bond acceptors (Lipinski definition) is 9. The van der Waals surface area contributed by atoms with E-state index in [0.29, 0.717) is 30.0 Å². The van der Waals surface area contributed by atoms with E-state index in [1.807, 2.05) is 0 Å². The zero-order valence-corrected chi connectivity index (χ0v) is 18.6. The number of nitrogens with one attached hydrogen (secondary N) is 1. The van der Waals surface area contributed by atoms with Gasteiger partial charge in [0.05, 0.1) is 31.4 Å². The normalized spacial score (nSPS) is 16.9. The summed E-state index contributed by atoms with van der Waals surface area (Å²) in [6.45, 7) is 4.00. The molecule has 0 saturated heterocycles. The Balaban J connectivity index is 1.44. The van der Waals surface area contributed by atoms with Gasteiger partial charge in [0, 0.05) is 17.4 Å². The van der Waals surface area contributed by atoms with Gasteiger partial charge in [0.1, 0.15) is 5.69 Å². The molecule has 11 heteroatoms. The van der Waals surface area contributed by atoms with Crippen molar-refractivity contribution < 1.29 is 26.7 Å². The quantitative estimate of drug-likeness (QED) is 0.542. The number of nitrogens with zero attached hydrogens (tertiary/aromatic N) is 3. The van der Waals surface area contributed by atoms with Gasteiger partial charge in [-0.1, -0.05) is 19.0 Å². The number of rotatable bonds is 10. The van der Waals surface area contributed by atoms with Gasteiger partial charge in [-0.2, -0.15) is 8.42 Å². The monoisotopic (exact) mass is 450 g/mol. The van der Waals surface area contributed by atoms with Crippen LogP contribution in [0.3, 0.4) is 0 Å². The summed E-state index contributed by atoms with van der Waals surface area (Å²) in [4.78, 5) is 21.5. The third kappa shape index (κ3) is 5.79. The molecule has 0 atom stereocenters. The first kappa shape index (κ1) is 21.7. The molecule has 2 fully saturated rings. The molecule has 1 amide bonds. The zero-order valence-electron chi connectivity index (χ0n) is 17.8. The van der Waals surface area contributed by atoms with E-state index >= 15 is 0 Å². The van der Waals surface area contributed by atoms with E-state index in [-0.39, 0.29) is 18.2 Å². The van der Waals surface area contributed by atoms with Crippen molar-refractivity contribution >= 4 is 21.9 Å². The Kier molecular flexibility index (Phi) is 5.73. The maximum atomic E-state index is 12.7. The molecule has 1 N–H and O–H groups in total. The maximum absolute atomic E-state index is 12.7. The largest absolute Gasteiger partial charge is 0.476 e. The van der Waals surface area contributed by atoms with E-state index in [2.05, 4.69) is 20.4 Å². The van der Waals surface area contributed by atoms with Crippen LogP contribution >= 0.6 is 0 Å². The molecule has 10 nitrogen and oxygen atoms in total. The Bertz CT molecular complexity index is 1070. The maximum Gasteiger partial charge on any atom is 0.278 e. The molecule has 0 unspecified atom stereocenters. The molecule has 0 aliphatic heterocycles. The van der Waals surface area contributed by atoms with E-state index in [1.54, 1.807) is 13.8 Å². The fourth-order valence-electron chi connectivity index (χ4n) is 2.87. The number of anilines is 1. The van der Waals surface area contributed by atoms with Crippen LogP contribution in [0, 0.1) is 5.92 Å². The summed E-state index contributed by atoms with van der Waals surface area (Å²) in [5, 5.41) is 6.54. The third-order valence-electron chi connectivity index (χ3n) is 5.19. The predicted molar refractivity (Wildman–Crippen MR) is 111 cm³/mol. The van der Waals surface area contributed by atoms with Gasteiger partial charge in [0.25, 0.3) is 16.0 Å². The predicted octanol–water partition coefficient (Wildman–Crippen LogP) is 2.64. The second-order valence-electron chi connectivity index (χ2n) is 8.86. The number of carbonyl (C=O) groups is 1. The minimum absolute atomic E-state index is 0.110. The molecule has 31 heavy (non-hydrogen) atoms. The van der Waals surface area contributed by atoms with Gasteiger partial charge in [0.2, 0.25) is 11.8 Å². The van der Waals surface area contributed by atoms with E-state index < -0.39 is 21.4 Å². The van der Waals surface area contributed by atoms with Crippen LogP contribution in [0.15, 0.2) is 16.8 Å². The lowest BCUT2D eigenvalue weighted by Gasteiger charge is -2.20. The molecular formula is C20H26N4O6S. The van der Waals surface area contributed by atoms with Crippen LogP contribution in [0.5, 0.6) is 5.88 Å². The van der Waals surface area contributed by atoms with E-state index in [0.717, 1.165) is 37.6 Å². The summed E-state index contributed by atoms with van der Waals surface area (Å²) in [6.07, 6.45) is 6.85. The summed E-state index contributed by atoms with van der Waals surface area (Å²) >= 11 is 0. The smallest absolute Gasteiger partial charge is 0.278 e. The average Bonchev–Trinajstić information content (AvgIpc) is 3.63. The Hall–Kier alpha value is -2.53. The van der Waals surface area contributed by atoms with Crippen LogP contribution in [0.1, 0.15) is 67.3 Å². The fourth-order valence-corrected chi connectivity index (χ4v) is 3.38. The van der Waals surface area contributed by atoms with Crippen molar-refractivity contribution in [2.45, 2.75) is 50.9 Å². The molecule has 2 saturated carbocycles. The molecule has 2 aromatic rings. The summed E-state index contributed by atoms with van der Waals surface area (Å²) in [6, 6.07) is 1.53. The average molecular weight is 451 g/mol. The Morgan fingerprint density at radius 2 is 2.03 bits per heavy atom. The highest BCUT2D eigenvalue weighted by atomic mass is 32.2. The summed E-state index contributed by atoms with van der Waals surface area (Å²) in [5.41, 5.74) is 0.625. The number of ether oxygens (including phenoxy) is 1. The minimum Gasteiger partial charge on any atom is -0.476 e. The topological polar surface area (TPSA) is 134 Å². The SMILES string of the molecule is CC(C)(COS(C)(=O)=O)c1cc(NC(=O)c2cnc(C3CC3)c(OCC3CC3)n2)on1. The van der Waals surface area contributed by atoms with Gasteiger partial charge in [-0.3, -0.25) is 19.3 Å². The number of carbonyl (C=O) groups excluding carboxylic acids is 1. The van der Waals surface area contributed by atoms with Crippen LogP contribution in [0.2, 0.25) is 0 Å². The molecule has 2 aromatic heterocycles. The first-order valence-electron chi connectivity index (χ1n) is 10.2. The number of aromatic nitrogens is 3. The van der Waals surface area contributed by atoms with Crippen LogP contribution in [-0.4, -0.2) is 48.9 Å². The first-order chi connectivity index (χ1) is 14.6. The number of hydrogen-bond donors (Lipinski definition) is 1. The molecule has 2 aliphatic carbocycles. The molecule has 4 rings (SSSR count). The summed E-state index contributed by atoms with van der Waals surface area (Å²) < 4.78 is 38.4. The lowest BCUT2D eigenvalue weighted by atomic mass is 9.91. The van der Waals surface area contributed by atoms with Crippen molar-refractivity contribution in [1.82, 2.24) is 15.1 Å². The second-order valence-corrected chi connectivity index (χ2v) is 10.5. The molecular weight excluding hydrogens is 424 g/mol. The lowest BCUT2D eigenvalue weighted by molar-refractivity contribution is 0.101. The molecule has 168 valence electrons. The van der Waals surface area contributed by atoms with Gasteiger partial charge in [-0.15, -0.1) is 0 Å². The van der Waals surface area contributed by atoms with Crippen LogP contribution in [-0.2, 0) is 19.7 Å². The van der Waals surface area contributed by atoms with Crippen molar-refractivity contribution in [2.24, 2.45) is 5.92 Å². The standard InChI is InChI=1S/C20H26N4O6S/c1-20(2,11-29-31(3,26)27)15-8-16(30-24-15)23-18(25)14-9-21-17(13-6-7-13)19(22-14)28-10-12-4-5-12/h8-9,12-13H,4-7,10-11H2,1-3H3,(H,23,25). The van der Waals surface area contributed by atoms with Crippen molar-refractivity contribution in [3.05, 3.63) is 29.3 Å². The van der Waals surface area contributed by atoms with E-state index in [1.165, 1.54) is 12.3 Å². The summed E-state index contributed by atoms with van der Waals surface area (Å²) in [7, 11) is -3.58. The highest BCUT2D eigenvalue weighted by Crippen LogP contribution is 2.43. The van der Waals surface area contributed by atoms with Gasteiger partial charge >= 0.3 is 0 Å². The van der Waals surface area contributed by atoms with Gasteiger partial charge in [-0.25, -0.2) is 4.98 Å². The molecule has 0 aromatic carbocycles. The van der Waals surface area contributed by atoms with Crippen LogP contribution in [0.25, 0.3) is 0 Å².